The van der Waals surface area contributed by atoms with Crippen LogP contribution in [0.2, 0.25) is 0 Å². The topological polar surface area (TPSA) is 25.2 Å². The van der Waals surface area contributed by atoms with Gasteiger partial charge in [-0.25, -0.2) is 4.39 Å². The van der Waals surface area contributed by atoms with Crippen molar-refractivity contribution < 1.29 is 9.18 Å². The van der Waals surface area contributed by atoms with Crippen LogP contribution in [0.25, 0.3) is 21.8 Å². The van der Waals surface area contributed by atoms with E-state index in [2.05, 4.69) is 60.0 Å². The van der Waals surface area contributed by atoms with Crippen molar-refractivity contribution in [1.29, 1.82) is 0 Å². The number of nitrogens with zero attached hydrogens (tertiary/aromatic N) is 2. The predicted molar refractivity (Wildman–Crippen MR) is 94.7 cm³/mol. The molecule has 1 aromatic heterocycles. The molecule has 0 aliphatic carbocycles. The summed E-state index contributed by atoms with van der Waals surface area (Å²) in [7, 11) is 0. The molecule has 1 saturated heterocycles. The summed E-state index contributed by atoms with van der Waals surface area (Å²) in [5.74, 6) is -0.0810. The van der Waals surface area contributed by atoms with Gasteiger partial charge in [0.05, 0.1) is 0 Å². The maximum Gasteiger partial charge on any atom is 0.257 e. The minimum absolute atomic E-state index is 0.262. The van der Waals surface area contributed by atoms with Crippen molar-refractivity contribution in [3.63, 3.8) is 0 Å². The fraction of sp³-hybridized carbons (Fsp3) is 0.350. The lowest BCUT2D eigenvalue weighted by Gasteiger charge is -2.22. The molecule has 2 unspecified atom stereocenters. The quantitative estimate of drug-likeness (QED) is 0.712. The monoisotopic (exact) mass is 324 g/mol. The smallest absolute Gasteiger partial charge is 0.257 e. The van der Waals surface area contributed by atoms with Gasteiger partial charge in [0.1, 0.15) is 0 Å². The van der Waals surface area contributed by atoms with Crippen LogP contribution in [0.15, 0.2) is 48.5 Å². The molecule has 3 aromatic rings. The second kappa shape index (κ2) is 5.93. The molecule has 4 heteroatoms. The molecule has 3 nitrogen and oxygen atoms in total. The average molecular weight is 324 g/mol. The number of amides is 1. The number of aromatic nitrogens is 1. The molecule has 124 valence electrons. The van der Waals surface area contributed by atoms with Crippen LogP contribution in [-0.2, 0) is 11.3 Å². The van der Waals surface area contributed by atoms with Crippen LogP contribution in [0.3, 0.4) is 0 Å². The number of hydrogen-bond donors (Lipinski definition) is 0. The Morgan fingerprint density at radius 3 is 2.17 bits per heavy atom. The Morgan fingerprint density at radius 2 is 1.62 bits per heavy atom. The number of alkyl halides is 1. The van der Waals surface area contributed by atoms with Crippen LogP contribution in [0.1, 0.15) is 13.3 Å². The van der Waals surface area contributed by atoms with E-state index in [1.165, 1.54) is 21.8 Å². The first-order chi connectivity index (χ1) is 11.6. The fourth-order valence-corrected chi connectivity index (χ4v) is 3.83. The number of para-hydroxylation sites is 2. The molecular formula is C20H21FN2O. The van der Waals surface area contributed by atoms with Crippen LogP contribution in [0.4, 0.5) is 4.39 Å². The zero-order valence-corrected chi connectivity index (χ0v) is 13.8. The van der Waals surface area contributed by atoms with Crippen molar-refractivity contribution in [2.45, 2.75) is 26.1 Å². The third kappa shape index (κ3) is 2.46. The second-order valence-electron chi connectivity index (χ2n) is 6.79. The van der Waals surface area contributed by atoms with E-state index in [0.29, 0.717) is 19.5 Å². The largest absolute Gasteiger partial charge is 0.340 e. The molecule has 2 heterocycles. The third-order valence-electron chi connectivity index (χ3n) is 4.94. The first kappa shape index (κ1) is 15.2. The van der Waals surface area contributed by atoms with Gasteiger partial charge in [-0.15, -0.1) is 0 Å². The molecule has 0 N–H and O–H groups in total. The highest BCUT2D eigenvalue weighted by Gasteiger charge is 2.32. The molecular weight excluding hydrogens is 303 g/mol. The highest BCUT2D eigenvalue weighted by molar-refractivity contribution is 6.07. The van der Waals surface area contributed by atoms with Crippen molar-refractivity contribution in [2.24, 2.45) is 5.92 Å². The summed E-state index contributed by atoms with van der Waals surface area (Å²) in [5, 5.41) is 2.50. The number of fused-ring (bicyclic) bond motifs is 3. The van der Waals surface area contributed by atoms with Gasteiger partial charge in [-0.1, -0.05) is 43.3 Å². The molecule has 1 amide bonds. The minimum atomic E-state index is -1.30. The van der Waals surface area contributed by atoms with E-state index < -0.39 is 6.17 Å². The standard InChI is InChI=1S/C20H21FN2O/c1-14(12-22-11-10-17(21)20(22)24)13-23-18-8-4-2-6-15(18)16-7-3-5-9-19(16)23/h2-9,14,17H,10-13H2,1H3. The number of benzene rings is 2. The second-order valence-corrected chi connectivity index (χ2v) is 6.79. The Morgan fingerprint density at radius 1 is 1.04 bits per heavy atom. The van der Waals surface area contributed by atoms with E-state index in [0.717, 1.165) is 6.54 Å². The molecule has 0 spiro atoms. The summed E-state index contributed by atoms with van der Waals surface area (Å²) < 4.78 is 15.7. The van der Waals surface area contributed by atoms with Gasteiger partial charge in [0.2, 0.25) is 0 Å². The first-order valence-corrected chi connectivity index (χ1v) is 8.54. The lowest BCUT2D eigenvalue weighted by molar-refractivity contribution is -0.132. The minimum Gasteiger partial charge on any atom is -0.340 e. The lowest BCUT2D eigenvalue weighted by atomic mass is 10.1. The summed E-state index contributed by atoms with van der Waals surface area (Å²) in [6.45, 7) is 4.09. The molecule has 0 bridgehead atoms. The molecule has 1 aliphatic rings. The van der Waals surface area contributed by atoms with Crippen molar-refractivity contribution in [3.8, 4) is 0 Å². The van der Waals surface area contributed by atoms with E-state index in [1.807, 2.05) is 0 Å². The van der Waals surface area contributed by atoms with E-state index in [1.54, 1.807) is 4.90 Å². The Bertz CT molecular complexity index is 848. The number of carbonyl (C=O) groups excluding carboxylic acids is 1. The number of hydrogen-bond acceptors (Lipinski definition) is 1. The highest BCUT2D eigenvalue weighted by Crippen LogP contribution is 2.29. The highest BCUT2D eigenvalue weighted by atomic mass is 19.1. The van der Waals surface area contributed by atoms with Gasteiger partial charge in [-0.2, -0.15) is 0 Å². The Labute approximate surface area is 140 Å². The van der Waals surface area contributed by atoms with Crippen molar-refractivity contribution in [1.82, 2.24) is 9.47 Å². The SMILES string of the molecule is CC(CN1CCC(F)C1=O)Cn1c2ccccc2c2ccccc21. The zero-order chi connectivity index (χ0) is 16.7. The lowest BCUT2D eigenvalue weighted by Crippen LogP contribution is -2.33. The van der Waals surface area contributed by atoms with Crippen LogP contribution >= 0.6 is 0 Å². The van der Waals surface area contributed by atoms with Gasteiger partial charge in [0.15, 0.2) is 6.17 Å². The predicted octanol–water partition coefficient (Wildman–Crippen LogP) is 4.00. The summed E-state index contributed by atoms with van der Waals surface area (Å²) in [6.07, 6.45) is -0.966. The molecule has 2 atom stereocenters. The summed E-state index contributed by atoms with van der Waals surface area (Å²) >= 11 is 0. The van der Waals surface area contributed by atoms with Crippen molar-refractivity contribution >= 4 is 27.7 Å². The molecule has 4 rings (SSSR count). The van der Waals surface area contributed by atoms with Crippen molar-refractivity contribution in [3.05, 3.63) is 48.5 Å². The maximum atomic E-state index is 13.4. The van der Waals surface area contributed by atoms with Crippen LogP contribution in [0, 0.1) is 5.92 Å². The number of carbonyl (C=O) groups is 1. The third-order valence-corrected chi connectivity index (χ3v) is 4.94. The van der Waals surface area contributed by atoms with E-state index >= 15 is 0 Å². The first-order valence-electron chi connectivity index (χ1n) is 8.54. The molecule has 2 aromatic carbocycles. The zero-order valence-electron chi connectivity index (χ0n) is 13.8. The van der Waals surface area contributed by atoms with Crippen molar-refractivity contribution in [2.75, 3.05) is 13.1 Å². The Balaban J connectivity index is 1.65. The summed E-state index contributed by atoms with van der Waals surface area (Å²) in [6, 6.07) is 16.8. The molecule has 1 aliphatic heterocycles. The summed E-state index contributed by atoms with van der Waals surface area (Å²) in [4.78, 5) is 13.5. The number of likely N-dealkylation sites (tertiary alicyclic amines) is 1. The fourth-order valence-electron chi connectivity index (χ4n) is 3.83. The number of rotatable bonds is 4. The Kier molecular flexibility index (Phi) is 3.75. The Hall–Kier alpha value is -2.36. The average Bonchev–Trinajstić information content (AvgIpc) is 3.08. The molecule has 0 saturated carbocycles. The maximum absolute atomic E-state index is 13.4. The van der Waals surface area contributed by atoms with Gasteiger partial charge < -0.3 is 9.47 Å². The number of halogens is 1. The van der Waals surface area contributed by atoms with E-state index in [4.69, 9.17) is 0 Å². The van der Waals surface area contributed by atoms with Gasteiger partial charge in [-0.05, 0) is 18.1 Å². The normalized spacial score (nSPS) is 19.5. The molecule has 24 heavy (non-hydrogen) atoms. The van der Waals surface area contributed by atoms with Gasteiger partial charge in [0, 0.05) is 47.9 Å². The van der Waals surface area contributed by atoms with Gasteiger partial charge in [0.25, 0.3) is 5.91 Å². The van der Waals surface area contributed by atoms with E-state index in [9.17, 15) is 9.18 Å². The van der Waals surface area contributed by atoms with Crippen LogP contribution in [0.5, 0.6) is 0 Å². The molecule has 0 radical (unpaired) electrons. The van der Waals surface area contributed by atoms with E-state index in [-0.39, 0.29) is 11.8 Å². The van der Waals surface area contributed by atoms with Gasteiger partial charge >= 0.3 is 0 Å². The van der Waals surface area contributed by atoms with Crippen LogP contribution < -0.4 is 0 Å². The summed E-state index contributed by atoms with van der Waals surface area (Å²) in [5.41, 5.74) is 2.42. The molecule has 1 fully saturated rings. The van der Waals surface area contributed by atoms with Gasteiger partial charge in [-0.3, -0.25) is 4.79 Å². The van der Waals surface area contributed by atoms with Crippen LogP contribution in [-0.4, -0.2) is 34.6 Å².